The summed E-state index contributed by atoms with van der Waals surface area (Å²) < 4.78 is 66.6. The fourth-order valence-corrected chi connectivity index (χ4v) is 4.17. The molecule has 12 heteroatoms. The molecule has 0 aliphatic heterocycles. The van der Waals surface area contributed by atoms with Gasteiger partial charge in [0.1, 0.15) is 11.5 Å². The number of carbonyl (C=O) groups is 1. The number of nitrogens with one attached hydrogen (secondary N) is 2. The van der Waals surface area contributed by atoms with E-state index in [0.29, 0.717) is 23.3 Å². The molecule has 2 aromatic carbocycles. The molecule has 1 amide bonds. The molecule has 2 heterocycles. The Morgan fingerprint density at radius 1 is 0.971 bits per heavy atom. The predicted molar refractivity (Wildman–Crippen MR) is 123 cm³/mol. The third-order valence-electron chi connectivity index (χ3n) is 4.93. The van der Waals surface area contributed by atoms with Crippen molar-refractivity contribution in [1.29, 1.82) is 0 Å². The molecule has 2 aromatic heterocycles. The summed E-state index contributed by atoms with van der Waals surface area (Å²) in [7, 11) is -2.48. The second-order valence-corrected chi connectivity index (χ2v) is 9.10. The summed E-state index contributed by atoms with van der Waals surface area (Å²) in [6.45, 7) is 0. The van der Waals surface area contributed by atoms with Gasteiger partial charge in [0.05, 0.1) is 16.2 Å². The van der Waals surface area contributed by atoms with Gasteiger partial charge in [-0.1, -0.05) is 30.3 Å². The van der Waals surface area contributed by atoms with E-state index in [1.807, 2.05) is 30.3 Å². The number of anilines is 2. The number of aryl methyl sites for hydroxylation is 1. The van der Waals surface area contributed by atoms with Crippen LogP contribution in [-0.4, -0.2) is 29.1 Å². The molecule has 180 valence electrons. The molecule has 35 heavy (non-hydrogen) atoms. The SMILES string of the molecule is Cn1nc(-c2ccccc2)cc1C(=O)Nc1ccc(S(=O)(=O)Nc2ccc(C(F)(F)F)cn2)cc1. The van der Waals surface area contributed by atoms with Crippen molar-refractivity contribution in [1.82, 2.24) is 14.8 Å². The number of sulfonamides is 1. The van der Waals surface area contributed by atoms with E-state index in [9.17, 15) is 26.4 Å². The second-order valence-electron chi connectivity index (χ2n) is 7.42. The summed E-state index contributed by atoms with van der Waals surface area (Å²) in [5.74, 6) is -0.703. The van der Waals surface area contributed by atoms with Gasteiger partial charge in [-0.25, -0.2) is 13.4 Å². The topological polar surface area (TPSA) is 106 Å². The third-order valence-corrected chi connectivity index (χ3v) is 6.30. The molecule has 0 radical (unpaired) electrons. The number of rotatable bonds is 6. The molecule has 0 aliphatic rings. The van der Waals surface area contributed by atoms with Gasteiger partial charge in [-0.05, 0) is 42.5 Å². The summed E-state index contributed by atoms with van der Waals surface area (Å²) in [5, 5.41) is 7.03. The van der Waals surface area contributed by atoms with Gasteiger partial charge in [0, 0.05) is 24.5 Å². The number of hydrogen-bond acceptors (Lipinski definition) is 5. The Kier molecular flexibility index (Phi) is 6.31. The van der Waals surface area contributed by atoms with Crippen molar-refractivity contribution in [3.63, 3.8) is 0 Å². The largest absolute Gasteiger partial charge is 0.417 e. The fraction of sp³-hybridized carbons (Fsp3) is 0.0870. The minimum atomic E-state index is -4.58. The third kappa shape index (κ3) is 5.49. The lowest BCUT2D eigenvalue weighted by molar-refractivity contribution is -0.137. The number of carbonyl (C=O) groups excluding carboxylic acids is 1. The van der Waals surface area contributed by atoms with Crippen molar-refractivity contribution in [2.75, 3.05) is 10.0 Å². The maximum atomic E-state index is 12.7. The first-order chi connectivity index (χ1) is 16.5. The number of hydrogen-bond donors (Lipinski definition) is 2. The summed E-state index contributed by atoms with van der Waals surface area (Å²) in [6, 6.07) is 17.9. The van der Waals surface area contributed by atoms with E-state index in [2.05, 4.69) is 20.1 Å². The van der Waals surface area contributed by atoms with E-state index in [-0.39, 0.29) is 10.7 Å². The molecule has 0 fully saturated rings. The lowest BCUT2D eigenvalue weighted by atomic mass is 10.1. The van der Waals surface area contributed by atoms with Gasteiger partial charge in [-0.3, -0.25) is 14.2 Å². The van der Waals surface area contributed by atoms with Crippen LogP contribution in [0.1, 0.15) is 16.1 Å². The van der Waals surface area contributed by atoms with Crippen molar-refractivity contribution in [2.24, 2.45) is 7.05 Å². The van der Waals surface area contributed by atoms with Gasteiger partial charge >= 0.3 is 6.18 Å². The van der Waals surface area contributed by atoms with E-state index in [1.165, 1.54) is 28.9 Å². The lowest BCUT2D eigenvalue weighted by Crippen LogP contribution is -2.17. The number of benzene rings is 2. The minimum absolute atomic E-state index is 0.163. The highest BCUT2D eigenvalue weighted by Gasteiger charge is 2.30. The molecule has 8 nitrogen and oxygen atoms in total. The molecule has 4 aromatic rings. The quantitative estimate of drug-likeness (QED) is 0.403. The second kappa shape index (κ2) is 9.22. The lowest BCUT2D eigenvalue weighted by Gasteiger charge is -2.10. The van der Waals surface area contributed by atoms with Crippen molar-refractivity contribution >= 4 is 27.4 Å². The van der Waals surface area contributed by atoms with Gasteiger partial charge in [-0.2, -0.15) is 18.3 Å². The smallest absolute Gasteiger partial charge is 0.321 e. The van der Waals surface area contributed by atoms with Gasteiger partial charge in [0.2, 0.25) is 0 Å². The zero-order valence-corrected chi connectivity index (χ0v) is 18.9. The Bertz CT molecular complexity index is 1450. The Morgan fingerprint density at radius 2 is 1.66 bits per heavy atom. The molecule has 0 spiro atoms. The van der Waals surface area contributed by atoms with Crippen molar-refractivity contribution < 1.29 is 26.4 Å². The summed E-state index contributed by atoms with van der Waals surface area (Å²) in [6.07, 6.45) is -4.04. The maximum absolute atomic E-state index is 12.7. The number of aromatic nitrogens is 3. The van der Waals surface area contributed by atoms with Crippen LogP contribution in [0.5, 0.6) is 0 Å². The van der Waals surface area contributed by atoms with Crippen LogP contribution >= 0.6 is 0 Å². The number of alkyl halides is 3. The van der Waals surface area contributed by atoms with Gasteiger partial charge in [0.25, 0.3) is 15.9 Å². The summed E-state index contributed by atoms with van der Waals surface area (Å²) >= 11 is 0. The highest BCUT2D eigenvalue weighted by molar-refractivity contribution is 7.92. The van der Waals surface area contributed by atoms with Crippen LogP contribution in [-0.2, 0) is 23.2 Å². The number of nitrogens with zero attached hydrogens (tertiary/aromatic N) is 3. The normalized spacial score (nSPS) is 11.8. The molecular formula is C23H18F3N5O3S. The van der Waals surface area contributed by atoms with Gasteiger partial charge in [-0.15, -0.1) is 0 Å². The molecule has 2 N–H and O–H groups in total. The van der Waals surface area contributed by atoms with Crippen molar-refractivity contribution in [2.45, 2.75) is 11.1 Å². The monoisotopic (exact) mass is 501 g/mol. The molecule has 0 saturated carbocycles. The Labute approximate surface area is 198 Å². The summed E-state index contributed by atoms with van der Waals surface area (Å²) in [4.78, 5) is 16.0. The first-order valence-electron chi connectivity index (χ1n) is 10.1. The standard InChI is InChI=1S/C23H18F3N5O3S/c1-31-20(13-19(29-31)15-5-3-2-4-6-15)22(32)28-17-8-10-18(11-9-17)35(33,34)30-21-12-7-16(14-27-21)23(24,25)26/h2-14H,1H3,(H,27,30)(H,28,32). The Balaban J connectivity index is 1.45. The fourth-order valence-electron chi connectivity index (χ4n) is 3.16. The average Bonchev–Trinajstić information content (AvgIpc) is 3.21. The Morgan fingerprint density at radius 3 is 2.26 bits per heavy atom. The molecule has 4 rings (SSSR count). The Hall–Kier alpha value is -4.19. The van der Waals surface area contributed by atoms with E-state index >= 15 is 0 Å². The zero-order chi connectivity index (χ0) is 25.2. The van der Waals surface area contributed by atoms with E-state index < -0.39 is 27.7 Å². The van der Waals surface area contributed by atoms with Crippen molar-refractivity contribution in [3.8, 4) is 11.3 Å². The molecule has 0 aliphatic carbocycles. The zero-order valence-electron chi connectivity index (χ0n) is 18.1. The number of pyridine rings is 1. The molecule has 0 saturated heterocycles. The van der Waals surface area contributed by atoms with Crippen LogP contribution in [0, 0.1) is 0 Å². The van der Waals surface area contributed by atoms with Gasteiger partial charge < -0.3 is 5.32 Å². The van der Waals surface area contributed by atoms with Crippen LogP contribution < -0.4 is 10.0 Å². The maximum Gasteiger partial charge on any atom is 0.417 e. The average molecular weight is 501 g/mol. The van der Waals surface area contributed by atoms with Crippen LogP contribution in [0.3, 0.4) is 0 Å². The van der Waals surface area contributed by atoms with Crippen LogP contribution in [0.15, 0.2) is 83.9 Å². The van der Waals surface area contributed by atoms with E-state index in [1.54, 1.807) is 13.1 Å². The minimum Gasteiger partial charge on any atom is -0.321 e. The van der Waals surface area contributed by atoms with Crippen LogP contribution in [0.4, 0.5) is 24.7 Å². The van der Waals surface area contributed by atoms with Crippen molar-refractivity contribution in [3.05, 3.63) is 90.3 Å². The first kappa shape index (κ1) is 24.0. The number of halogens is 3. The molecule has 0 bridgehead atoms. The highest BCUT2D eigenvalue weighted by atomic mass is 32.2. The summed E-state index contributed by atoms with van der Waals surface area (Å²) in [5.41, 5.74) is 1.12. The van der Waals surface area contributed by atoms with E-state index in [0.717, 1.165) is 17.7 Å². The van der Waals surface area contributed by atoms with Gasteiger partial charge in [0.15, 0.2) is 0 Å². The first-order valence-corrected chi connectivity index (χ1v) is 11.6. The number of amides is 1. The van der Waals surface area contributed by atoms with Crippen LogP contribution in [0.2, 0.25) is 0 Å². The molecular weight excluding hydrogens is 483 g/mol. The van der Waals surface area contributed by atoms with E-state index in [4.69, 9.17) is 0 Å². The molecule has 0 unspecified atom stereocenters. The van der Waals surface area contributed by atoms with Crippen LogP contribution in [0.25, 0.3) is 11.3 Å². The predicted octanol–water partition coefficient (Wildman–Crippen LogP) is 4.55. The highest BCUT2D eigenvalue weighted by Crippen LogP contribution is 2.29. The molecule has 0 atom stereocenters.